The van der Waals surface area contributed by atoms with Crippen molar-refractivity contribution in [3.8, 4) is 0 Å². The number of nitrogens with one attached hydrogen (secondary N) is 2. The van der Waals surface area contributed by atoms with E-state index in [-0.39, 0.29) is 18.0 Å². The van der Waals surface area contributed by atoms with Gasteiger partial charge in [0.05, 0.1) is 19.3 Å². The minimum absolute atomic E-state index is 0.0787. The molecule has 110 valence electrons. The Balaban J connectivity index is 1.67. The highest BCUT2D eigenvalue weighted by atomic mass is 32.1. The minimum atomic E-state index is -0.201. The third-order valence-electron chi connectivity index (χ3n) is 4.26. The van der Waals surface area contributed by atoms with Gasteiger partial charge in [0.1, 0.15) is 6.04 Å². The van der Waals surface area contributed by atoms with E-state index in [1.54, 1.807) is 11.3 Å². The molecular weight excluding hydrogens is 272 g/mol. The Morgan fingerprint density at radius 3 is 2.95 bits per heavy atom. The Labute approximate surface area is 123 Å². The van der Waals surface area contributed by atoms with Crippen LogP contribution in [0.2, 0.25) is 0 Å². The second kappa shape index (κ2) is 6.70. The molecule has 1 aromatic rings. The smallest absolute Gasteiger partial charge is 0.240 e. The first kappa shape index (κ1) is 14.0. The summed E-state index contributed by atoms with van der Waals surface area (Å²) in [6.45, 7) is 1.93. The quantitative estimate of drug-likeness (QED) is 0.894. The van der Waals surface area contributed by atoms with Crippen LogP contribution in [-0.4, -0.2) is 31.7 Å². The average Bonchev–Trinajstić information content (AvgIpc) is 3.19. The summed E-state index contributed by atoms with van der Waals surface area (Å²) in [6.07, 6.45) is 5.01. The average molecular weight is 294 g/mol. The van der Waals surface area contributed by atoms with E-state index in [9.17, 15) is 4.79 Å². The number of hydrogen-bond acceptors (Lipinski definition) is 4. The zero-order valence-corrected chi connectivity index (χ0v) is 12.5. The number of thiophene rings is 1. The van der Waals surface area contributed by atoms with E-state index in [1.165, 1.54) is 30.6 Å². The van der Waals surface area contributed by atoms with Gasteiger partial charge in [0, 0.05) is 11.4 Å². The molecule has 2 unspecified atom stereocenters. The van der Waals surface area contributed by atoms with Crippen molar-refractivity contribution in [3.63, 3.8) is 0 Å². The predicted octanol–water partition coefficient (Wildman–Crippen LogP) is 2.08. The standard InChI is InChI=1S/C15H22N2O2S/c18-15(12-10-19-8-7-16-12)17-14(11-4-1-2-5-11)13-6-3-9-20-13/h3,6,9,11-12,14,16H,1-2,4-5,7-8,10H2,(H,17,18). The molecule has 1 aromatic heterocycles. The van der Waals surface area contributed by atoms with Crippen molar-refractivity contribution in [2.75, 3.05) is 19.8 Å². The molecule has 2 N–H and O–H groups in total. The summed E-state index contributed by atoms with van der Waals surface area (Å²) in [5, 5.41) is 8.58. The fourth-order valence-corrected chi connectivity index (χ4v) is 4.04. The second-order valence-corrected chi connectivity index (χ2v) is 6.61. The molecular formula is C15H22N2O2S. The van der Waals surface area contributed by atoms with Crippen LogP contribution < -0.4 is 10.6 Å². The molecule has 20 heavy (non-hydrogen) atoms. The molecule has 2 aliphatic rings. The fourth-order valence-electron chi connectivity index (χ4n) is 3.17. The van der Waals surface area contributed by atoms with Crippen molar-refractivity contribution in [2.45, 2.75) is 37.8 Å². The maximum absolute atomic E-state index is 12.4. The van der Waals surface area contributed by atoms with Gasteiger partial charge in [0.2, 0.25) is 5.91 Å². The zero-order valence-electron chi connectivity index (χ0n) is 11.6. The van der Waals surface area contributed by atoms with Gasteiger partial charge in [-0.2, -0.15) is 0 Å². The van der Waals surface area contributed by atoms with E-state index in [0.29, 0.717) is 19.1 Å². The maximum Gasteiger partial charge on any atom is 0.240 e. The van der Waals surface area contributed by atoms with Crippen molar-refractivity contribution < 1.29 is 9.53 Å². The molecule has 2 atom stereocenters. The molecule has 2 fully saturated rings. The van der Waals surface area contributed by atoms with Crippen molar-refractivity contribution in [3.05, 3.63) is 22.4 Å². The van der Waals surface area contributed by atoms with Crippen LogP contribution in [0.5, 0.6) is 0 Å². The van der Waals surface area contributed by atoms with E-state index in [1.807, 2.05) is 0 Å². The van der Waals surface area contributed by atoms with Gasteiger partial charge >= 0.3 is 0 Å². The first-order valence-corrected chi connectivity index (χ1v) is 8.37. The fraction of sp³-hybridized carbons (Fsp3) is 0.667. The lowest BCUT2D eigenvalue weighted by atomic mass is 9.96. The number of morpholine rings is 1. The molecule has 0 bridgehead atoms. The topological polar surface area (TPSA) is 50.4 Å². The van der Waals surface area contributed by atoms with Gasteiger partial charge in [-0.25, -0.2) is 0 Å². The van der Waals surface area contributed by atoms with Crippen molar-refractivity contribution in [2.24, 2.45) is 5.92 Å². The summed E-state index contributed by atoms with van der Waals surface area (Å²) in [7, 11) is 0. The van der Waals surface area contributed by atoms with Crippen LogP contribution in [-0.2, 0) is 9.53 Å². The highest BCUT2D eigenvalue weighted by molar-refractivity contribution is 7.10. The lowest BCUT2D eigenvalue weighted by Gasteiger charge is -2.28. The van der Waals surface area contributed by atoms with Gasteiger partial charge in [-0.3, -0.25) is 4.79 Å². The second-order valence-electron chi connectivity index (χ2n) is 5.63. The number of rotatable bonds is 4. The lowest BCUT2D eigenvalue weighted by Crippen LogP contribution is -2.52. The Hall–Kier alpha value is -0.910. The van der Waals surface area contributed by atoms with Gasteiger partial charge in [0.15, 0.2) is 0 Å². The van der Waals surface area contributed by atoms with E-state index in [4.69, 9.17) is 4.74 Å². The molecule has 0 spiro atoms. The first-order valence-electron chi connectivity index (χ1n) is 7.49. The number of ether oxygens (including phenoxy) is 1. The van der Waals surface area contributed by atoms with Crippen molar-refractivity contribution in [1.82, 2.24) is 10.6 Å². The molecule has 1 saturated carbocycles. The summed E-state index contributed by atoms with van der Waals surface area (Å²) in [6, 6.07) is 4.18. The number of amides is 1. The van der Waals surface area contributed by atoms with E-state index in [2.05, 4.69) is 28.1 Å². The van der Waals surface area contributed by atoms with Gasteiger partial charge in [-0.05, 0) is 30.2 Å². The van der Waals surface area contributed by atoms with Gasteiger partial charge < -0.3 is 15.4 Å². The van der Waals surface area contributed by atoms with Gasteiger partial charge in [-0.15, -0.1) is 11.3 Å². The van der Waals surface area contributed by atoms with E-state index < -0.39 is 0 Å². The van der Waals surface area contributed by atoms with Crippen molar-refractivity contribution in [1.29, 1.82) is 0 Å². The zero-order chi connectivity index (χ0) is 13.8. The largest absolute Gasteiger partial charge is 0.378 e. The molecule has 1 aliphatic carbocycles. The van der Waals surface area contributed by atoms with E-state index >= 15 is 0 Å². The Bertz CT molecular complexity index is 423. The van der Waals surface area contributed by atoms with Crippen LogP contribution in [0.4, 0.5) is 0 Å². The monoisotopic (exact) mass is 294 g/mol. The molecule has 0 radical (unpaired) electrons. The van der Waals surface area contributed by atoms with Gasteiger partial charge in [-0.1, -0.05) is 18.9 Å². The predicted molar refractivity (Wildman–Crippen MR) is 79.8 cm³/mol. The van der Waals surface area contributed by atoms with Crippen LogP contribution in [0.15, 0.2) is 17.5 Å². The number of carbonyl (C=O) groups is 1. The van der Waals surface area contributed by atoms with Crippen LogP contribution in [0.1, 0.15) is 36.6 Å². The number of hydrogen-bond donors (Lipinski definition) is 2. The van der Waals surface area contributed by atoms with E-state index in [0.717, 1.165) is 6.54 Å². The Morgan fingerprint density at radius 1 is 1.45 bits per heavy atom. The first-order chi connectivity index (χ1) is 9.84. The lowest BCUT2D eigenvalue weighted by molar-refractivity contribution is -0.127. The summed E-state index contributed by atoms with van der Waals surface area (Å²) in [5.74, 6) is 0.664. The number of carbonyl (C=O) groups excluding carboxylic acids is 1. The molecule has 5 heteroatoms. The molecule has 1 aliphatic heterocycles. The Kier molecular flexibility index (Phi) is 4.70. The summed E-state index contributed by atoms with van der Waals surface area (Å²) in [4.78, 5) is 13.7. The summed E-state index contributed by atoms with van der Waals surface area (Å²) in [5.41, 5.74) is 0. The molecule has 4 nitrogen and oxygen atoms in total. The normalized spacial score (nSPS) is 25.5. The molecule has 0 aromatic carbocycles. The molecule has 2 heterocycles. The van der Waals surface area contributed by atoms with Crippen LogP contribution in [0.3, 0.4) is 0 Å². The molecule has 1 saturated heterocycles. The van der Waals surface area contributed by atoms with Crippen molar-refractivity contribution >= 4 is 17.2 Å². The highest BCUT2D eigenvalue weighted by Gasteiger charge is 2.31. The van der Waals surface area contributed by atoms with Gasteiger partial charge in [0.25, 0.3) is 0 Å². The molecule has 1 amide bonds. The molecule has 3 rings (SSSR count). The third kappa shape index (κ3) is 3.22. The minimum Gasteiger partial charge on any atom is -0.378 e. The maximum atomic E-state index is 12.4. The highest BCUT2D eigenvalue weighted by Crippen LogP contribution is 2.37. The van der Waals surface area contributed by atoms with Crippen LogP contribution >= 0.6 is 11.3 Å². The van der Waals surface area contributed by atoms with Crippen LogP contribution in [0, 0.1) is 5.92 Å². The third-order valence-corrected chi connectivity index (χ3v) is 5.21. The summed E-state index contributed by atoms with van der Waals surface area (Å²) < 4.78 is 5.38. The SMILES string of the molecule is O=C(NC(c1cccs1)C1CCCC1)C1COCCN1. The summed E-state index contributed by atoms with van der Waals surface area (Å²) >= 11 is 1.74. The Morgan fingerprint density at radius 2 is 2.30 bits per heavy atom. The van der Waals surface area contributed by atoms with Crippen LogP contribution in [0.25, 0.3) is 0 Å².